The quantitative estimate of drug-likeness (QED) is 0.609. The van der Waals surface area contributed by atoms with Crippen molar-refractivity contribution in [1.82, 2.24) is 19.2 Å². The predicted octanol–water partition coefficient (Wildman–Crippen LogP) is 3.86. The highest BCUT2D eigenvalue weighted by atomic mass is 35.5. The Balaban J connectivity index is 1.93. The Hall–Kier alpha value is -1.22. The second kappa shape index (κ2) is 8.65. The summed E-state index contributed by atoms with van der Waals surface area (Å²) in [7, 11) is -2.95. The van der Waals surface area contributed by atoms with Gasteiger partial charge in [-0.2, -0.15) is 5.10 Å². The van der Waals surface area contributed by atoms with E-state index in [1.54, 1.807) is 0 Å². The van der Waals surface area contributed by atoms with E-state index in [0.29, 0.717) is 35.3 Å². The number of halogens is 1. The van der Waals surface area contributed by atoms with Gasteiger partial charge in [-0.25, -0.2) is 13.1 Å². The first-order valence-corrected chi connectivity index (χ1v) is 12.2. The lowest BCUT2D eigenvalue weighted by atomic mass is 10.1. The molecule has 0 aliphatic carbocycles. The standard InChI is InChI=1S/C19H27ClN4O2S2/c1-4-23-18(15-5-7-16(20)8-6-15)21-24(19(23)27)13-22(11-14(2)3)17-9-10-28(25,26)12-17/h5-8,14,17H,4,9-13H2,1-3H3/t17-/m0/s1. The zero-order valence-electron chi connectivity index (χ0n) is 16.5. The van der Waals surface area contributed by atoms with Crippen molar-refractivity contribution in [2.45, 2.75) is 46.4 Å². The highest BCUT2D eigenvalue weighted by Crippen LogP contribution is 2.23. The Bertz CT molecular complexity index is 980. The van der Waals surface area contributed by atoms with Crippen LogP contribution < -0.4 is 0 Å². The molecule has 0 saturated carbocycles. The summed E-state index contributed by atoms with van der Waals surface area (Å²) < 4.78 is 28.4. The van der Waals surface area contributed by atoms with E-state index in [2.05, 4.69) is 18.7 Å². The maximum atomic E-state index is 12.0. The van der Waals surface area contributed by atoms with Crippen LogP contribution in [-0.4, -0.2) is 51.8 Å². The second-order valence-corrected chi connectivity index (χ2v) is 10.8. The summed E-state index contributed by atoms with van der Waals surface area (Å²) in [5.41, 5.74) is 0.954. The van der Waals surface area contributed by atoms with Crippen molar-refractivity contribution in [3.63, 3.8) is 0 Å². The third kappa shape index (κ3) is 4.84. The SMILES string of the molecule is CCn1c(-c2ccc(Cl)cc2)nn(CN(CC(C)C)[C@H]2CCS(=O)(=O)C2)c1=S. The summed E-state index contributed by atoms with van der Waals surface area (Å²) >= 11 is 11.7. The van der Waals surface area contributed by atoms with Gasteiger partial charge in [0.25, 0.3) is 0 Å². The van der Waals surface area contributed by atoms with Crippen molar-refractivity contribution < 1.29 is 8.42 Å². The number of rotatable bonds is 7. The first kappa shape index (κ1) is 21.5. The van der Waals surface area contributed by atoms with E-state index in [1.165, 1.54) is 0 Å². The average Bonchev–Trinajstić information content (AvgIpc) is 3.14. The predicted molar refractivity (Wildman–Crippen MR) is 116 cm³/mol. The molecule has 0 spiro atoms. The van der Waals surface area contributed by atoms with Gasteiger partial charge < -0.3 is 4.57 Å². The van der Waals surface area contributed by atoms with E-state index in [-0.39, 0.29) is 17.5 Å². The Labute approximate surface area is 177 Å². The van der Waals surface area contributed by atoms with Crippen molar-refractivity contribution in [3.8, 4) is 11.4 Å². The molecule has 0 N–H and O–H groups in total. The molecule has 0 amide bonds. The molecule has 1 aliphatic heterocycles. The fourth-order valence-corrected chi connectivity index (χ4v) is 5.86. The summed E-state index contributed by atoms with van der Waals surface area (Å²) in [5, 5.41) is 5.45. The van der Waals surface area contributed by atoms with Crippen LogP contribution in [0.1, 0.15) is 27.2 Å². The Kier molecular flexibility index (Phi) is 6.64. The first-order valence-electron chi connectivity index (χ1n) is 9.58. The molecule has 0 radical (unpaired) electrons. The van der Waals surface area contributed by atoms with E-state index in [4.69, 9.17) is 28.9 Å². The van der Waals surface area contributed by atoms with Crippen LogP contribution in [0.3, 0.4) is 0 Å². The van der Waals surface area contributed by atoms with Gasteiger partial charge in [-0.1, -0.05) is 25.4 Å². The molecular weight excluding hydrogens is 416 g/mol. The van der Waals surface area contributed by atoms with E-state index >= 15 is 0 Å². The number of sulfone groups is 1. The number of hydrogen-bond acceptors (Lipinski definition) is 5. The largest absolute Gasteiger partial charge is 0.300 e. The smallest absolute Gasteiger partial charge is 0.199 e. The maximum absolute atomic E-state index is 12.0. The van der Waals surface area contributed by atoms with Crippen LogP contribution in [0.15, 0.2) is 24.3 Å². The molecule has 2 aromatic rings. The van der Waals surface area contributed by atoms with Crippen LogP contribution in [0.4, 0.5) is 0 Å². The van der Waals surface area contributed by atoms with Gasteiger partial charge in [-0.15, -0.1) is 0 Å². The molecular formula is C19H27ClN4O2S2. The van der Waals surface area contributed by atoms with Gasteiger partial charge in [-0.05, 0) is 55.7 Å². The summed E-state index contributed by atoms with van der Waals surface area (Å²) in [5.74, 6) is 1.69. The molecule has 28 heavy (non-hydrogen) atoms. The minimum Gasteiger partial charge on any atom is -0.300 e. The zero-order chi connectivity index (χ0) is 20.5. The molecule has 3 rings (SSSR count). The summed E-state index contributed by atoms with van der Waals surface area (Å²) in [4.78, 5) is 2.21. The Morgan fingerprint density at radius 3 is 2.54 bits per heavy atom. The zero-order valence-corrected chi connectivity index (χ0v) is 18.9. The van der Waals surface area contributed by atoms with Crippen molar-refractivity contribution in [2.75, 3.05) is 18.1 Å². The van der Waals surface area contributed by atoms with Gasteiger partial charge in [0, 0.05) is 29.7 Å². The molecule has 6 nitrogen and oxygen atoms in total. The van der Waals surface area contributed by atoms with Crippen LogP contribution in [-0.2, 0) is 23.1 Å². The van der Waals surface area contributed by atoms with Gasteiger partial charge in [0.05, 0.1) is 18.2 Å². The minimum absolute atomic E-state index is 0.0139. The second-order valence-electron chi connectivity index (χ2n) is 7.72. The van der Waals surface area contributed by atoms with Crippen molar-refractivity contribution >= 4 is 33.7 Å². The average molecular weight is 443 g/mol. The molecule has 154 valence electrons. The summed E-state index contributed by atoms with van der Waals surface area (Å²) in [6, 6.07) is 7.57. The minimum atomic E-state index is -2.95. The van der Waals surface area contributed by atoms with Crippen molar-refractivity contribution in [2.24, 2.45) is 5.92 Å². The summed E-state index contributed by atoms with van der Waals surface area (Å²) in [6.07, 6.45) is 0.668. The molecule has 9 heteroatoms. The maximum Gasteiger partial charge on any atom is 0.199 e. The molecule has 1 fully saturated rings. The van der Waals surface area contributed by atoms with Gasteiger partial charge in [0.15, 0.2) is 20.4 Å². The van der Waals surface area contributed by atoms with Gasteiger partial charge >= 0.3 is 0 Å². The molecule has 0 bridgehead atoms. The third-order valence-electron chi connectivity index (χ3n) is 4.98. The first-order chi connectivity index (χ1) is 13.2. The van der Waals surface area contributed by atoms with Crippen LogP contribution in [0.25, 0.3) is 11.4 Å². The Morgan fingerprint density at radius 1 is 1.32 bits per heavy atom. The molecule has 1 aliphatic rings. The Morgan fingerprint density at radius 2 is 2.00 bits per heavy atom. The lowest BCUT2D eigenvalue weighted by molar-refractivity contribution is 0.137. The van der Waals surface area contributed by atoms with Crippen LogP contribution in [0.5, 0.6) is 0 Å². The van der Waals surface area contributed by atoms with E-state index < -0.39 is 9.84 Å². The molecule has 2 heterocycles. The van der Waals surface area contributed by atoms with Gasteiger partial charge in [-0.3, -0.25) is 4.90 Å². The molecule has 1 saturated heterocycles. The monoisotopic (exact) mass is 442 g/mol. The third-order valence-corrected chi connectivity index (χ3v) is 7.41. The number of nitrogens with zero attached hydrogens (tertiary/aromatic N) is 4. The fraction of sp³-hybridized carbons (Fsp3) is 0.579. The fourth-order valence-electron chi connectivity index (χ4n) is 3.66. The van der Waals surface area contributed by atoms with Crippen LogP contribution >= 0.6 is 23.8 Å². The van der Waals surface area contributed by atoms with Crippen LogP contribution in [0.2, 0.25) is 5.02 Å². The van der Waals surface area contributed by atoms with E-state index in [1.807, 2.05) is 40.4 Å². The number of hydrogen-bond donors (Lipinski definition) is 0. The van der Waals surface area contributed by atoms with Crippen molar-refractivity contribution in [1.29, 1.82) is 0 Å². The number of aromatic nitrogens is 3. The van der Waals surface area contributed by atoms with Crippen LogP contribution in [0, 0.1) is 10.7 Å². The topological polar surface area (TPSA) is 60.1 Å². The van der Waals surface area contributed by atoms with Gasteiger partial charge in [0.2, 0.25) is 0 Å². The van der Waals surface area contributed by atoms with Gasteiger partial charge in [0.1, 0.15) is 0 Å². The molecule has 1 aromatic carbocycles. The highest BCUT2D eigenvalue weighted by molar-refractivity contribution is 7.91. The molecule has 0 unspecified atom stereocenters. The lowest BCUT2D eigenvalue weighted by Crippen LogP contribution is -2.40. The molecule has 1 atom stereocenters. The van der Waals surface area contributed by atoms with E-state index in [0.717, 1.165) is 17.9 Å². The van der Waals surface area contributed by atoms with Crippen molar-refractivity contribution in [3.05, 3.63) is 34.1 Å². The highest BCUT2D eigenvalue weighted by Gasteiger charge is 2.33. The lowest BCUT2D eigenvalue weighted by Gasteiger charge is -2.29. The normalized spacial score (nSPS) is 19.0. The molecule has 1 aromatic heterocycles. The van der Waals surface area contributed by atoms with E-state index in [9.17, 15) is 8.42 Å². The summed E-state index contributed by atoms with van der Waals surface area (Å²) in [6.45, 7) is 8.32. The number of benzene rings is 1.